The van der Waals surface area contributed by atoms with Crippen molar-refractivity contribution in [1.29, 1.82) is 0 Å². The average Bonchev–Trinajstić information content (AvgIpc) is 2.84. The summed E-state index contributed by atoms with van der Waals surface area (Å²) in [5, 5.41) is 15.8. The first-order valence-electron chi connectivity index (χ1n) is 12.1. The molecule has 0 saturated carbocycles. The van der Waals surface area contributed by atoms with Crippen molar-refractivity contribution in [1.82, 2.24) is 0 Å². The van der Waals surface area contributed by atoms with Crippen LogP contribution in [0.3, 0.4) is 0 Å². The fourth-order valence-electron chi connectivity index (χ4n) is 4.13. The van der Waals surface area contributed by atoms with Gasteiger partial charge in [-0.2, -0.15) is 0 Å². The van der Waals surface area contributed by atoms with Gasteiger partial charge in [0, 0.05) is 16.3 Å². The Hall–Kier alpha value is -4.29. The Morgan fingerprint density at radius 2 is 1.61 bits per heavy atom. The van der Waals surface area contributed by atoms with Gasteiger partial charge in [0.05, 0.1) is 11.3 Å². The highest BCUT2D eigenvalue weighted by atomic mass is 35.5. The van der Waals surface area contributed by atoms with Crippen LogP contribution in [0.4, 0.5) is 16.2 Å². The highest BCUT2D eigenvalue weighted by Gasteiger charge is 2.21. The summed E-state index contributed by atoms with van der Waals surface area (Å²) in [6, 6.07) is 24.6. The lowest BCUT2D eigenvalue weighted by Gasteiger charge is -2.23. The van der Waals surface area contributed by atoms with Crippen LogP contribution in [0.25, 0.3) is 11.1 Å². The summed E-state index contributed by atoms with van der Waals surface area (Å²) in [6.07, 6.45) is 0. The van der Waals surface area contributed by atoms with Crippen molar-refractivity contribution in [2.75, 3.05) is 10.6 Å². The maximum atomic E-state index is 13.0. The number of urea groups is 1. The molecule has 38 heavy (non-hydrogen) atoms. The Kier molecular flexibility index (Phi) is 7.74. The molecule has 0 unspecified atom stereocenters. The van der Waals surface area contributed by atoms with Crippen LogP contribution in [-0.2, 0) is 5.41 Å². The Bertz CT molecular complexity index is 1510. The number of halogens is 1. The van der Waals surface area contributed by atoms with Crippen LogP contribution in [0, 0.1) is 6.92 Å². The maximum absolute atomic E-state index is 13.0. The lowest BCUT2D eigenvalue weighted by atomic mass is 9.86. The number of aromatic carboxylic acids is 1. The van der Waals surface area contributed by atoms with Crippen molar-refractivity contribution in [2.45, 2.75) is 33.1 Å². The fraction of sp³-hybridized carbons (Fsp3) is 0.161. The summed E-state index contributed by atoms with van der Waals surface area (Å²) in [5.41, 5.74) is 3.97. The van der Waals surface area contributed by atoms with Gasteiger partial charge in [0.15, 0.2) is 5.75 Å². The van der Waals surface area contributed by atoms with Crippen LogP contribution in [-0.4, -0.2) is 17.1 Å². The number of carboxylic acids is 1. The molecular formula is C31H29ClN2O4. The molecule has 194 valence electrons. The molecule has 4 aromatic rings. The molecule has 0 spiro atoms. The van der Waals surface area contributed by atoms with Gasteiger partial charge in [-0.15, -0.1) is 0 Å². The zero-order valence-electron chi connectivity index (χ0n) is 21.6. The van der Waals surface area contributed by atoms with Gasteiger partial charge < -0.3 is 20.5 Å². The predicted octanol–water partition coefficient (Wildman–Crippen LogP) is 8.75. The second kappa shape index (κ2) is 11.0. The van der Waals surface area contributed by atoms with Crippen molar-refractivity contribution in [3.05, 3.63) is 107 Å². The van der Waals surface area contributed by atoms with Crippen molar-refractivity contribution < 1.29 is 19.4 Å². The molecular weight excluding hydrogens is 500 g/mol. The van der Waals surface area contributed by atoms with Crippen LogP contribution in [0.2, 0.25) is 5.02 Å². The zero-order chi connectivity index (χ0) is 27.4. The van der Waals surface area contributed by atoms with E-state index >= 15 is 0 Å². The zero-order valence-corrected chi connectivity index (χ0v) is 22.4. The second-order valence-corrected chi connectivity index (χ2v) is 10.4. The Morgan fingerprint density at radius 1 is 0.842 bits per heavy atom. The third-order valence-corrected chi connectivity index (χ3v) is 6.18. The second-order valence-electron chi connectivity index (χ2n) is 10.0. The van der Waals surface area contributed by atoms with Crippen LogP contribution >= 0.6 is 11.6 Å². The topological polar surface area (TPSA) is 87.7 Å². The first-order chi connectivity index (χ1) is 18.0. The number of nitrogens with one attached hydrogen (secondary N) is 2. The monoisotopic (exact) mass is 528 g/mol. The minimum absolute atomic E-state index is 0.0550. The molecule has 4 rings (SSSR count). The number of carbonyl (C=O) groups excluding carboxylic acids is 1. The van der Waals surface area contributed by atoms with E-state index in [1.807, 2.05) is 49.4 Å². The molecule has 0 radical (unpaired) electrons. The fourth-order valence-corrected chi connectivity index (χ4v) is 4.30. The number of rotatable bonds is 6. The molecule has 2 amide bonds. The summed E-state index contributed by atoms with van der Waals surface area (Å²) >= 11 is 6.06. The molecule has 0 atom stereocenters. The Morgan fingerprint density at radius 3 is 2.32 bits per heavy atom. The SMILES string of the molecule is Cc1cccc(NC(=O)Nc2cc(-c3ccc(Cl)cc3C(=O)O)ccc2Oc2ccccc2C(C)(C)C)c1. The largest absolute Gasteiger partial charge is 0.478 e. The summed E-state index contributed by atoms with van der Waals surface area (Å²) in [5.74, 6) is -0.0306. The van der Waals surface area contributed by atoms with E-state index in [0.717, 1.165) is 11.1 Å². The highest BCUT2D eigenvalue weighted by Crippen LogP contribution is 2.39. The highest BCUT2D eigenvalue weighted by molar-refractivity contribution is 6.31. The number of amides is 2. The number of ether oxygens (including phenoxy) is 1. The van der Waals surface area contributed by atoms with Crippen molar-refractivity contribution in [3.63, 3.8) is 0 Å². The third-order valence-electron chi connectivity index (χ3n) is 5.94. The van der Waals surface area contributed by atoms with E-state index in [2.05, 4.69) is 31.4 Å². The molecule has 7 heteroatoms. The van der Waals surface area contributed by atoms with Gasteiger partial charge in [-0.05, 0) is 71.5 Å². The van der Waals surface area contributed by atoms with Crippen LogP contribution < -0.4 is 15.4 Å². The number of carboxylic acid groups (broad SMARTS) is 1. The minimum atomic E-state index is -1.10. The summed E-state index contributed by atoms with van der Waals surface area (Å²) in [7, 11) is 0. The van der Waals surface area contributed by atoms with Crippen molar-refractivity contribution in [3.8, 4) is 22.6 Å². The number of anilines is 2. The number of hydrogen-bond acceptors (Lipinski definition) is 3. The van der Waals surface area contributed by atoms with Gasteiger partial charge in [0.25, 0.3) is 0 Å². The van der Waals surface area contributed by atoms with E-state index in [0.29, 0.717) is 39.0 Å². The lowest BCUT2D eigenvalue weighted by Crippen LogP contribution is -2.20. The molecule has 3 N–H and O–H groups in total. The summed E-state index contributed by atoms with van der Waals surface area (Å²) in [6.45, 7) is 8.24. The number of para-hydroxylation sites is 1. The van der Waals surface area contributed by atoms with E-state index in [1.165, 1.54) is 6.07 Å². The molecule has 0 aliphatic rings. The van der Waals surface area contributed by atoms with Gasteiger partial charge >= 0.3 is 12.0 Å². The number of benzene rings is 4. The van der Waals surface area contributed by atoms with E-state index < -0.39 is 12.0 Å². The molecule has 4 aromatic carbocycles. The van der Waals surface area contributed by atoms with Gasteiger partial charge in [-0.1, -0.05) is 74.8 Å². The van der Waals surface area contributed by atoms with Crippen molar-refractivity contribution >= 4 is 35.0 Å². The normalized spacial score (nSPS) is 11.1. The first kappa shape index (κ1) is 26.8. The summed E-state index contributed by atoms with van der Waals surface area (Å²) < 4.78 is 6.35. The molecule has 0 aliphatic heterocycles. The number of carbonyl (C=O) groups is 2. The van der Waals surface area contributed by atoms with E-state index in [1.54, 1.807) is 36.4 Å². The van der Waals surface area contributed by atoms with Gasteiger partial charge in [0.1, 0.15) is 5.75 Å². The Balaban J connectivity index is 1.76. The molecule has 0 saturated heterocycles. The Labute approximate surface area is 227 Å². The molecule has 0 aromatic heterocycles. The van der Waals surface area contributed by atoms with Crippen LogP contribution in [0.1, 0.15) is 42.3 Å². The average molecular weight is 529 g/mol. The third kappa shape index (κ3) is 6.33. The maximum Gasteiger partial charge on any atom is 0.336 e. The molecule has 0 bridgehead atoms. The van der Waals surface area contributed by atoms with Crippen LogP contribution in [0.5, 0.6) is 11.5 Å². The molecule has 6 nitrogen and oxygen atoms in total. The number of hydrogen-bond donors (Lipinski definition) is 3. The standard InChI is InChI=1S/C31H29ClN2O4/c1-19-8-7-9-22(16-19)33-30(37)34-26-17-20(23-14-13-21(32)18-24(23)29(35)36)12-15-28(26)38-27-11-6-5-10-25(27)31(2,3)4/h5-18H,1-4H3,(H,35,36)(H2,33,34,37). The lowest BCUT2D eigenvalue weighted by molar-refractivity contribution is 0.0697. The van der Waals surface area contributed by atoms with Gasteiger partial charge in [-0.25, -0.2) is 9.59 Å². The molecule has 0 aliphatic carbocycles. The molecule has 0 fully saturated rings. The quantitative estimate of drug-likeness (QED) is 0.233. The van der Waals surface area contributed by atoms with Gasteiger partial charge in [-0.3, -0.25) is 0 Å². The van der Waals surface area contributed by atoms with E-state index in [9.17, 15) is 14.7 Å². The number of aryl methyl sites for hydroxylation is 1. The molecule has 0 heterocycles. The predicted molar refractivity (Wildman–Crippen MR) is 153 cm³/mol. The summed E-state index contributed by atoms with van der Waals surface area (Å²) in [4.78, 5) is 24.9. The van der Waals surface area contributed by atoms with Crippen molar-refractivity contribution in [2.24, 2.45) is 0 Å². The van der Waals surface area contributed by atoms with E-state index in [4.69, 9.17) is 16.3 Å². The first-order valence-corrected chi connectivity index (χ1v) is 12.5. The smallest absolute Gasteiger partial charge is 0.336 e. The van der Waals surface area contributed by atoms with E-state index in [-0.39, 0.29) is 11.0 Å². The van der Waals surface area contributed by atoms with Gasteiger partial charge in [0.2, 0.25) is 0 Å². The van der Waals surface area contributed by atoms with Crippen LogP contribution in [0.15, 0.2) is 84.9 Å². The minimum Gasteiger partial charge on any atom is -0.478 e.